The summed E-state index contributed by atoms with van der Waals surface area (Å²) in [5.41, 5.74) is 0. The average Bonchev–Trinajstić information content (AvgIpc) is 3.21. The van der Waals surface area contributed by atoms with Gasteiger partial charge in [0.25, 0.3) is 0 Å². The van der Waals surface area contributed by atoms with Crippen molar-refractivity contribution in [2.24, 2.45) is 5.92 Å². The van der Waals surface area contributed by atoms with Crippen molar-refractivity contribution in [1.82, 2.24) is 21.3 Å². The van der Waals surface area contributed by atoms with E-state index in [0.29, 0.717) is 13.0 Å². The molecule has 1 aliphatic rings. The maximum absolute atomic E-state index is 12.8. The number of aliphatic carboxylic acids is 2. The van der Waals surface area contributed by atoms with E-state index in [-0.39, 0.29) is 18.6 Å². The summed E-state index contributed by atoms with van der Waals surface area (Å²) in [6.45, 7) is 4.00. The fourth-order valence-corrected chi connectivity index (χ4v) is 3.20. The Labute approximate surface area is 180 Å². The van der Waals surface area contributed by atoms with E-state index in [0.717, 1.165) is 6.42 Å². The molecule has 1 saturated heterocycles. The number of hydrogen-bond donors (Lipinski definition) is 7. The molecule has 0 aliphatic carbocycles. The van der Waals surface area contributed by atoms with Crippen molar-refractivity contribution in [1.29, 1.82) is 0 Å². The van der Waals surface area contributed by atoms with Gasteiger partial charge >= 0.3 is 11.9 Å². The van der Waals surface area contributed by atoms with Crippen LogP contribution in [0.4, 0.5) is 0 Å². The van der Waals surface area contributed by atoms with Gasteiger partial charge in [-0.3, -0.25) is 19.2 Å². The van der Waals surface area contributed by atoms with Crippen LogP contribution in [0.3, 0.4) is 0 Å². The monoisotopic (exact) mass is 446 g/mol. The molecule has 0 saturated carbocycles. The van der Waals surface area contributed by atoms with Gasteiger partial charge in [0.1, 0.15) is 18.1 Å². The third-order valence-corrected chi connectivity index (χ3v) is 5.07. The predicted molar refractivity (Wildman–Crippen MR) is 110 cm³/mol. The second-order valence-corrected chi connectivity index (χ2v) is 7.82. The molecular formula is C18H30N4O7S. The first kappa shape index (κ1) is 25.7. The molecule has 0 spiro atoms. The van der Waals surface area contributed by atoms with E-state index in [1.54, 1.807) is 13.8 Å². The van der Waals surface area contributed by atoms with Gasteiger partial charge in [0.15, 0.2) is 0 Å². The lowest BCUT2D eigenvalue weighted by atomic mass is 10.0. The van der Waals surface area contributed by atoms with E-state index < -0.39 is 59.7 Å². The average molecular weight is 447 g/mol. The number of carbonyl (C=O) groups is 5. The highest BCUT2D eigenvalue weighted by Crippen LogP contribution is 2.09. The third-order valence-electron chi connectivity index (χ3n) is 4.70. The van der Waals surface area contributed by atoms with Gasteiger partial charge in [-0.25, -0.2) is 4.79 Å². The molecule has 0 radical (unpaired) electrons. The van der Waals surface area contributed by atoms with Gasteiger partial charge in [-0.15, -0.1) is 0 Å². The Bertz CT molecular complexity index is 652. The van der Waals surface area contributed by atoms with E-state index in [2.05, 4.69) is 33.9 Å². The van der Waals surface area contributed by atoms with Crippen molar-refractivity contribution in [2.75, 3.05) is 12.3 Å². The summed E-state index contributed by atoms with van der Waals surface area (Å²) in [6, 6.07) is -3.91. The zero-order valence-electron chi connectivity index (χ0n) is 17.0. The minimum absolute atomic E-state index is 0.133. The minimum atomic E-state index is -1.26. The van der Waals surface area contributed by atoms with Gasteiger partial charge in [0, 0.05) is 12.2 Å². The highest BCUT2D eigenvalue weighted by Gasteiger charge is 2.32. The van der Waals surface area contributed by atoms with Crippen molar-refractivity contribution in [3.05, 3.63) is 0 Å². The summed E-state index contributed by atoms with van der Waals surface area (Å²) in [4.78, 5) is 59.7. The van der Waals surface area contributed by atoms with Crippen LogP contribution in [0.25, 0.3) is 0 Å². The van der Waals surface area contributed by atoms with Crippen LogP contribution < -0.4 is 21.3 Å². The predicted octanol–water partition coefficient (Wildman–Crippen LogP) is -1.27. The van der Waals surface area contributed by atoms with Crippen molar-refractivity contribution >= 4 is 42.3 Å². The Balaban J connectivity index is 2.87. The number of carbonyl (C=O) groups excluding carboxylic acids is 3. The normalized spacial score (nSPS) is 18.9. The summed E-state index contributed by atoms with van der Waals surface area (Å²) in [7, 11) is 0. The maximum Gasteiger partial charge on any atom is 0.327 e. The minimum Gasteiger partial charge on any atom is -0.481 e. The Morgan fingerprint density at radius 2 is 1.70 bits per heavy atom. The van der Waals surface area contributed by atoms with Crippen LogP contribution >= 0.6 is 12.6 Å². The van der Waals surface area contributed by atoms with E-state index in [1.165, 1.54) is 0 Å². The third kappa shape index (κ3) is 8.19. The van der Waals surface area contributed by atoms with Crippen LogP contribution in [0.5, 0.6) is 0 Å². The number of amides is 3. The van der Waals surface area contributed by atoms with Gasteiger partial charge in [-0.2, -0.15) is 12.6 Å². The topological polar surface area (TPSA) is 174 Å². The number of rotatable bonds is 12. The summed E-state index contributed by atoms with van der Waals surface area (Å²) in [6.07, 6.45) is 0.919. The first-order chi connectivity index (χ1) is 14.1. The van der Waals surface area contributed by atoms with Crippen LogP contribution in [0.2, 0.25) is 0 Å². The molecule has 1 rings (SSSR count). The molecule has 1 heterocycles. The zero-order chi connectivity index (χ0) is 22.8. The molecular weight excluding hydrogens is 416 g/mol. The molecule has 170 valence electrons. The lowest BCUT2D eigenvalue weighted by Crippen LogP contribution is -2.58. The van der Waals surface area contributed by atoms with Crippen LogP contribution in [0, 0.1) is 5.92 Å². The second-order valence-electron chi connectivity index (χ2n) is 7.45. The van der Waals surface area contributed by atoms with Crippen molar-refractivity contribution in [3.8, 4) is 0 Å². The first-order valence-corrected chi connectivity index (χ1v) is 10.4. The van der Waals surface area contributed by atoms with Crippen LogP contribution in [-0.4, -0.2) is 76.3 Å². The molecule has 3 amide bonds. The Hall–Kier alpha value is -2.34. The number of carboxylic acid groups (broad SMARTS) is 2. The number of thiol groups is 1. The summed E-state index contributed by atoms with van der Waals surface area (Å²) in [5, 5.41) is 28.4. The number of nitrogens with one attached hydrogen (secondary N) is 4. The lowest BCUT2D eigenvalue weighted by Gasteiger charge is -2.26. The quantitative estimate of drug-likeness (QED) is 0.182. The molecule has 0 aromatic rings. The van der Waals surface area contributed by atoms with E-state index >= 15 is 0 Å². The number of carboxylic acids is 2. The molecule has 11 nitrogen and oxygen atoms in total. The molecule has 0 bridgehead atoms. The zero-order valence-corrected chi connectivity index (χ0v) is 17.9. The molecule has 4 atom stereocenters. The highest BCUT2D eigenvalue weighted by molar-refractivity contribution is 7.80. The maximum atomic E-state index is 12.8. The largest absolute Gasteiger partial charge is 0.481 e. The first-order valence-electron chi connectivity index (χ1n) is 9.76. The van der Waals surface area contributed by atoms with Gasteiger partial charge in [0.05, 0.1) is 6.04 Å². The lowest BCUT2D eigenvalue weighted by molar-refractivity contribution is -0.142. The molecule has 12 heteroatoms. The summed E-state index contributed by atoms with van der Waals surface area (Å²) < 4.78 is 0. The highest BCUT2D eigenvalue weighted by atomic mass is 32.1. The van der Waals surface area contributed by atoms with Crippen molar-refractivity contribution in [2.45, 2.75) is 63.7 Å². The van der Waals surface area contributed by atoms with Crippen molar-refractivity contribution in [3.63, 3.8) is 0 Å². The molecule has 1 aliphatic heterocycles. The molecule has 30 heavy (non-hydrogen) atoms. The van der Waals surface area contributed by atoms with Gasteiger partial charge in [-0.05, 0) is 31.7 Å². The molecule has 0 aromatic carbocycles. The number of hydrogen-bond acceptors (Lipinski definition) is 7. The van der Waals surface area contributed by atoms with Crippen molar-refractivity contribution < 1.29 is 34.2 Å². The summed E-state index contributed by atoms with van der Waals surface area (Å²) in [5.74, 6) is -4.75. The Morgan fingerprint density at radius 3 is 2.17 bits per heavy atom. The van der Waals surface area contributed by atoms with Crippen LogP contribution in [-0.2, 0) is 24.0 Å². The van der Waals surface area contributed by atoms with Crippen LogP contribution in [0.15, 0.2) is 0 Å². The SMILES string of the molecule is CC(C)C(NC(=O)C(CCC(=O)O)NC(=O)C1CCCN1)C(=O)NC(CS)C(=O)O. The van der Waals surface area contributed by atoms with Gasteiger partial charge < -0.3 is 31.5 Å². The van der Waals surface area contributed by atoms with E-state index in [4.69, 9.17) is 10.2 Å². The van der Waals surface area contributed by atoms with E-state index in [1.807, 2.05) is 0 Å². The van der Waals surface area contributed by atoms with Gasteiger partial charge in [-0.1, -0.05) is 13.8 Å². The fraction of sp³-hybridized carbons (Fsp3) is 0.722. The van der Waals surface area contributed by atoms with Gasteiger partial charge in [0.2, 0.25) is 17.7 Å². The standard InChI is InChI=1S/C18H30N4O7S/c1-9(2)14(17(27)21-12(8-30)18(28)29)22-16(26)11(5-6-13(23)24)20-15(25)10-4-3-7-19-10/h9-12,14,19,30H,3-8H2,1-2H3,(H,20,25)(H,21,27)(H,22,26)(H,23,24)(H,28,29). The Kier molecular flexibility index (Phi) is 10.6. The fourth-order valence-electron chi connectivity index (χ4n) is 2.95. The van der Waals surface area contributed by atoms with Crippen LogP contribution in [0.1, 0.15) is 39.5 Å². The Morgan fingerprint density at radius 1 is 1.03 bits per heavy atom. The summed E-state index contributed by atoms with van der Waals surface area (Å²) >= 11 is 3.89. The molecule has 0 aromatic heterocycles. The second kappa shape index (κ2) is 12.4. The van der Waals surface area contributed by atoms with E-state index in [9.17, 15) is 24.0 Å². The molecule has 6 N–H and O–H groups in total. The molecule has 1 fully saturated rings. The smallest absolute Gasteiger partial charge is 0.327 e. The molecule has 4 unspecified atom stereocenters.